The van der Waals surface area contributed by atoms with Crippen LogP contribution in [-0.2, 0) is 24.9 Å². The second-order valence-corrected chi connectivity index (χ2v) is 10.1. The van der Waals surface area contributed by atoms with Crippen molar-refractivity contribution >= 4 is 52.5 Å². The Bertz CT molecular complexity index is 1360. The van der Waals surface area contributed by atoms with Gasteiger partial charge in [0.05, 0.1) is 19.5 Å². The highest BCUT2D eigenvalue weighted by atomic mass is 79.9. The molecule has 0 saturated carbocycles. The quantitative estimate of drug-likeness (QED) is 0.278. The highest BCUT2D eigenvalue weighted by Crippen LogP contribution is 2.31. The minimum atomic E-state index is -0.369. The van der Waals surface area contributed by atoms with Crippen molar-refractivity contribution in [3.63, 3.8) is 0 Å². The molecule has 1 amide bonds. The van der Waals surface area contributed by atoms with E-state index < -0.39 is 0 Å². The van der Waals surface area contributed by atoms with Gasteiger partial charge >= 0.3 is 6.09 Å². The fraction of sp³-hybridized carbons (Fsp3) is 0.222. The van der Waals surface area contributed by atoms with Crippen molar-refractivity contribution < 1.29 is 35.8 Å². The van der Waals surface area contributed by atoms with Crippen LogP contribution in [0, 0.1) is 0 Å². The van der Waals surface area contributed by atoms with E-state index in [-0.39, 0.29) is 29.2 Å². The Labute approximate surface area is 258 Å². The molecule has 7 nitrogen and oxygen atoms in total. The Morgan fingerprint density at radius 1 is 1.05 bits per heavy atom. The lowest BCUT2D eigenvalue weighted by Gasteiger charge is -2.21. The molecule has 1 atom stereocenters. The zero-order valence-electron chi connectivity index (χ0n) is 21.4. The molecule has 12 heteroatoms. The summed E-state index contributed by atoms with van der Waals surface area (Å²) in [6.45, 7) is 0.890. The number of hydrogen-bond acceptors (Lipinski definition) is 4. The number of ether oxygens (including phenoxy) is 2. The molecule has 2 aromatic carbocycles. The monoisotopic (exact) mass is 674 g/mol. The molecule has 0 aliphatic carbocycles. The first-order valence-electron chi connectivity index (χ1n) is 11.4. The average Bonchev–Trinajstić information content (AvgIpc) is 3.36. The number of aromatic nitrogens is 3. The van der Waals surface area contributed by atoms with Crippen LogP contribution < -0.4 is 26.3 Å². The number of aryl methyl sites for hydroxylation is 1. The Kier molecular flexibility index (Phi) is 13.5. The Morgan fingerprint density at radius 3 is 2.33 bits per heavy atom. The fourth-order valence-electron chi connectivity index (χ4n) is 3.23. The van der Waals surface area contributed by atoms with Gasteiger partial charge in [-0.25, -0.2) is 14.3 Å². The van der Waals surface area contributed by atoms with Crippen LogP contribution in [0.4, 0.5) is 4.79 Å². The van der Waals surface area contributed by atoms with E-state index in [1.807, 2.05) is 46.8 Å². The van der Waals surface area contributed by atoms with Gasteiger partial charge in [0.15, 0.2) is 11.9 Å². The summed E-state index contributed by atoms with van der Waals surface area (Å²) in [4.78, 5) is 16.6. The normalized spacial score (nSPS) is 11.1. The van der Waals surface area contributed by atoms with Crippen LogP contribution >= 0.6 is 46.4 Å². The predicted molar refractivity (Wildman–Crippen MR) is 150 cm³/mol. The van der Waals surface area contributed by atoms with Crippen molar-refractivity contribution in [1.82, 2.24) is 14.5 Å². The second kappa shape index (κ2) is 16.1. The molecule has 2 aromatic heterocycles. The van der Waals surface area contributed by atoms with Gasteiger partial charge in [-0.1, -0.05) is 58.5 Å². The van der Waals surface area contributed by atoms with Crippen molar-refractivity contribution in [3.8, 4) is 5.75 Å². The zero-order chi connectivity index (χ0) is 27.7. The van der Waals surface area contributed by atoms with Gasteiger partial charge in [0.25, 0.3) is 0 Å². The maximum Gasteiger partial charge on any atom is 0.414 e. The lowest BCUT2D eigenvalue weighted by Crippen LogP contribution is -3.00. The number of imidazole rings is 1. The third-order valence-corrected chi connectivity index (χ3v) is 6.33. The van der Waals surface area contributed by atoms with Crippen LogP contribution in [0.2, 0.25) is 20.1 Å². The molecule has 208 valence electrons. The molecule has 0 aliphatic heterocycles. The Hall–Kier alpha value is -2.33. The average molecular weight is 677 g/mol. The van der Waals surface area contributed by atoms with Crippen LogP contribution in [0.1, 0.15) is 17.2 Å². The molecule has 39 heavy (non-hydrogen) atoms. The standard InChI is InChI=1S/C18H14Cl4N2O.C9H13N2O2.BrH/c19-13-2-1-12(16(21)7-13)10-25-18(9-24-6-5-23-11-24)15-4-3-14(20)8-17(15)22;1-10(2)9(12)13-8-5-4-6-11(3)7-8;/h1-8,11,18H,9-10H2;4-7H,1-3H3;1H/q;+1;/p-1. The summed E-state index contributed by atoms with van der Waals surface area (Å²) in [5.74, 6) is 0.545. The Balaban J connectivity index is 0.000000324. The summed E-state index contributed by atoms with van der Waals surface area (Å²) in [6.07, 6.45) is 8.27. The van der Waals surface area contributed by atoms with Crippen LogP contribution in [0.15, 0.2) is 79.6 Å². The number of hydrogen-bond donors (Lipinski definition) is 0. The van der Waals surface area contributed by atoms with Crippen molar-refractivity contribution in [2.24, 2.45) is 7.05 Å². The van der Waals surface area contributed by atoms with E-state index in [4.69, 9.17) is 55.9 Å². The minimum Gasteiger partial charge on any atom is -1.00 e. The van der Waals surface area contributed by atoms with Crippen LogP contribution in [0.25, 0.3) is 0 Å². The number of amides is 1. The summed E-state index contributed by atoms with van der Waals surface area (Å²) < 4.78 is 14.9. The van der Waals surface area contributed by atoms with Crippen molar-refractivity contribution in [3.05, 3.63) is 111 Å². The first-order valence-corrected chi connectivity index (χ1v) is 12.9. The van der Waals surface area contributed by atoms with Crippen LogP contribution in [0.5, 0.6) is 5.75 Å². The smallest absolute Gasteiger partial charge is 0.414 e. The predicted octanol–water partition coefficient (Wildman–Crippen LogP) is 4.03. The van der Waals surface area contributed by atoms with E-state index in [1.165, 1.54) is 4.90 Å². The van der Waals surface area contributed by atoms with Gasteiger partial charge in [0, 0.05) is 58.2 Å². The summed E-state index contributed by atoms with van der Waals surface area (Å²) >= 11 is 24.5. The highest BCUT2D eigenvalue weighted by molar-refractivity contribution is 6.35. The lowest BCUT2D eigenvalue weighted by atomic mass is 10.1. The molecule has 2 heterocycles. The van der Waals surface area contributed by atoms with Crippen LogP contribution in [-0.4, -0.2) is 34.6 Å². The molecule has 0 spiro atoms. The lowest BCUT2D eigenvalue weighted by molar-refractivity contribution is -0.671. The van der Waals surface area contributed by atoms with Gasteiger partial charge in [0.2, 0.25) is 6.20 Å². The minimum absolute atomic E-state index is 0. The maximum absolute atomic E-state index is 11.1. The number of halogens is 5. The molecule has 0 N–H and O–H groups in total. The first-order chi connectivity index (χ1) is 18.1. The molecule has 0 aliphatic rings. The molecule has 0 bridgehead atoms. The molecule has 0 saturated heterocycles. The van der Waals surface area contributed by atoms with E-state index in [2.05, 4.69) is 4.98 Å². The van der Waals surface area contributed by atoms with Crippen molar-refractivity contribution in [2.75, 3.05) is 14.1 Å². The molecular weight excluding hydrogens is 650 g/mol. The number of carbonyl (C=O) groups is 1. The molecule has 0 radical (unpaired) electrons. The maximum atomic E-state index is 11.1. The topological polar surface area (TPSA) is 60.5 Å². The van der Waals surface area contributed by atoms with Crippen molar-refractivity contribution in [2.45, 2.75) is 19.3 Å². The van der Waals surface area contributed by atoms with E-state index in [0.717, 1.165) is 11.1 Å². The summed E-state index contributed by atoms with van der Waals surface area (Å²) in [5, 5.41) is 2.29. The number of rotatable bonds is 7. The van der Waals surface area contributed by atoms with Crippen molar-refractivity contribution in [1.29, 1.82) is 0 Å². The molecular formula is C27H27BrCl4N4O3. The SMILES string of the molecule is CN(C)C(=O)Oc1ccc[n+](C)c1.Clc1ccc(COC(Cn2ccnc2)c2ccc(Cl)cc2Cl)c(Cl)c1.[Br-]. The van der Waals surface area contributed by atoms with Gasteiger partial charge in [-0.3, -0.25) is 0 Å². The van der Waals surface area contributed by atoms with E-state index in [0.29, 0.717) is 39.0 Å². The Morgan fingerprint density at radius 2 is 1.74 bits per heavy atom. The van der Waals surface area contributed by atoms with Crippen LogP contribution in [0.3, 0.4) is 0 Å². The number of nitrogens with zero attached hydrogens (tertiary/aromatic N) is 4. The zero-order valence-corrected chi connectivity index (χ0v) is 26.0. The fourth-order valence-corrected chi connectivity index (χ4v) is 4.22. The number of pyridine rings is 1. The van der Waals surface area contributed by atoms with Gasteiger partial charge in [-0.05, 0) is 35.9 Å². The van der Waals surface area contributed by atoms with Gasteiger partial charge < -0.3 is 35.9 Å². The number of benzene rings is 2. The van der Waals surface area contributed by atoms with E-state index in [1.54, 1.807) is 63.1 Å². The third kappa shape index (κ3) is 10.6. The second-order valence-electron chi connectivity index (χ2n) is 8.43. The first kappa shape index (κ1) is 32.9. The summed E-state index contributed by atoms with van der Waals surface area (Å²) in [5.41, 5.74) is 1.71. The summed E-state index contributed by atoms with van der Waals surface area (Å²) in [7, 11) is 5.16. The molecule has 4 aromatic rings. The van der Waals surface area contributed by atoms with E-state index in [9.17, 15) is 4.79 Å². The number of carbonyl (C=O) groups excluding carboxylic acids is 1. The highest BCUT2D eigenvalue weighted by Gasteiger charge is 2.18. The third-order valence-electron chi connectivity index (χ3n) is 5.18. The summed E-state index contributed by atoms with van der Waals surface area (Å²) in [6, 6.07) is 14.3. The largest absolute Gasteiger partial charge is 1.00 e. The molecule has 4 rings (SSSR count). The molecule has 1 unspecified atom stereocenters. The van der Waals surface area contributed by atoms with Gasteiger partial charge in [-0.2, -0.15) is 0 Å². The van der Waals surface area contributed by atoms with Gasteiger partial charge in [0.1, 0.15) is 13.2 Å². The molecule has 0 fully saturated rings. The van der Waals surface area contributed by atoms with Gasteiger partial charge in [-0.15, -0.1) is 0 Å². The van der Waals surface area contributed by atoms with E-state index >= 15 is 0 Å².